The Balaban J connectivity index is 1.51. The molecule has 1 saturated heterocycles. The lowest BCUT2D eigenvalue weighted by Crippen LogP contribution is -2.48. The van der Waals surface area contributed by atoms with E-state index in [-0.39, 0.29) is 4.90 Å². The number of hydrogen-bond donors (Lipinski definition) is 0. The number of rotatable bonds is 4. The van der Waals surface area contributed by atoms with Gasteiger partial charge in [0.25, 0.3) is 0 Å². The Morgan fingerprint density at radius 2 is 1.92 bits per heavy atom. The molecule has 0 N–H and O–H groups in total. The van der Waals surface area contributed by atoms with E-state index in [9.17, 15) is 8.42 Å². The Morgan fingerprint density at radius 3 is 2.67 bits per heavy atom. The highest BCUT2D eigenvalue weighted by Crippen LogP contribution is 2.25. The Kier molecular flexibility index (Phi) is 4.35. The van der Waals surface area contributed by atoms with Gasteiger partial charge in [-0.2, -0.15) is 24.4 Å². The minimum atomic E-state index is -3.53. The number of benzene rings is 1. The van der Waals surface area contributed by atoms with E-state index in [1.54, 1.807) is 33.8 Å². The molecule has 0 amide bonds. The van der Waals surface area contributed by atoms with Crippen LogP contribution in [0.3, 0.4) is 0 Å². The van der Waals surface area contributed by atoms with Gasteiger partial charge in [0.2, 0.25) is 10.0 Å². The van der Waals surface area contributed by atoms with Gasteiger partial charge in [0, 0.05) is 32.7 Å². The molecule has 1 aliphatic heterocycles. The number of thiophene rings is 1. The highest BCUT2D eigenvalue weighted by molar-refractivity contribution is 7.89. The number of aromatic nitrogens is 2. The van der Waals surface area contributed by atoms with Crippen LogP contribution in [0.1, 0.15) is 5.56 Å². The number of nitrogens with zero attached hydrogens (tertiary/aromatic N) is 4. The molecule has 1 aromatic carbocycles. The molecule has 3 aromatic rings. The summed E-state index contributed by atoms with van der Waals surface area (Å²) in [5.74, 6) is 0. The van der Waals surface area contributed by atoms with Gasteiger partial charge < -0.3 is 0 Å². The summed E-state index contributed by atoms with van der Waals surface area (Å²) in [7, 11) is -3.53. The molecule has 1 aliphatic rings. The molecule has 0 atom stereocenters. The van der Waals surface area contributed by atoms with Gasteiger partial charge >= 0.3 is 0 Å². The second kappa shape index (κ2) is 6.49. The van der Waals surface area contributed by atoms with Crippen LogP contribution in [-0.4, -0.2) is 52.5 Å². The quantitative estimate of drug-likeness (QED) is 0.695. The zero-order chi connectivity index (χ0) is 16.6. The fourth-order valence-corrected chi connectivity index (χ4v) is 5.73. The Bertz CT molecular complexity index is 929. The number of piperazine rings is 1. The molecule has 3 heterocycles. The average molecular weight is 381 g/mol. The standard InChI is InChI=1S/C15H16N4O2S3/c20-24(21,14-3-1-2-13-15(14)17-23-16-13)19-7-5-18(6-8-19)10-12-4-9-22-11-12/h1-4,9,11H,5-8,10H2. The van der Waals surface area contributed by atoms with Crippen LogP contribution in [0.25, 0.3) is 11.0 Å². The maximum Gasteiger partial charge on any atom is 0.245 e. The molecular formula is C15H16N4O2S3. The molecule has 0 bridgehead atoms. The third kappa shape index (κ3) is 2.98. The maximum atomic E-state index is 13.0. The molecule has 24 heavy (non-hydrogen) atoms. The molecule has 0 aliphatic carbocycles. The first-order valence-corrected chi connectivity index (χ1v) is 10.7. The molecule has 4 rings (SSSR count). The third-order valence-electron chi connectivity index (χ3n) is 4.18. The van der Waals surface area contributed by atoms with E-state index in [4.69, 9.17) is 0 Å². The summed E-state index contributed by atoms with van der Waals surface area (Å²) < 4.78 is 35.8. The van der Waals surface area contributed by atoms with Crippen molar-refractivity contribution in [3.8, 4) is 0 Å². The van der Waals surface area contributed by atoms with Crippen molar-refractivity contribution in [2.75, 3.05) is 26.2 Å². The monoisotopic (exact) mass is 380 g/mol. The second-order valence-corrected chi connectivity index (χ2v) is 8.91. The van der Waals surface area contributed by atoms with Gasteiger partial charge in [0.1, 0.15) is 15.9 Å². The SMILES string of the molecule is O=S(=O)(c1cccc2nsnc12)N1CCN(Cc2ccsc2)CC1. The first-order valence-electron chi connectivity index (χ1n) is 7.59. The first-order chi connectivity index (χ1) is 11.6. The van der Waals surface area contributed by atoms with E-state index in [0.29, 0.717) is 24.1 Å². The van der Waals surface area contributed by atoms with Gasteiger partial charge in [0.15, 0.2) is 0 Å². The van der Waals surface area contributed by atoms with Crippen LogP contribution < -0.4 is 0 Å². The maximum absolute atomic E-state index is 13.0. The van der Waals surface area contributed by atoms with Crippen molar-refractivity contribution in [3.63, 3.8) is 0 Å². The van der Waals surface area contributed by atoms with Gasteiger partial charge in [0.05, 0.1) is 11.7 Å². The lowest BCUT2D eigenvalue weighted by atomic mass is 10.3. The Hall–Kier alpha value is -1.39. The van der Waals surface area contributed by atoms with Crippen LogP contribution in [-0.2, 0) is 16.6 Å². The highest BCUT2D eigenvalue weighted by atomic mass is 32.2. The van der Waals surface area contributed by atoms with E-state index >= 15 is 0 Å². The Morgan fingerprint density at radius 1 is 1.08 bits per heavy atom. The van der Waals surface area contributed by atoms with Crippen molar-refractivity contribution in [2.24, 2.45) is 0 Å². The fraction of sp³-hybridized carbons (Fsp3) is 0.333. The van der Waals surface area contributed by atoms with Crippen LogP contribution >= 0.6 is 23.1 Å². The van der Waals surface area contributed by atoms with Gasteiger partial charge in [-0.15, -0.1) is 0 Å². The van der Waals surface area contributed by atoms with Crippen LogP contribution in [0.2, 0.25) is 0 Å². The summed E-state index contributed by atoms with van der Waals surface area (Å²) >= 11 is 2.73. The van der Waals surface area contributed by atoms with Crippen LogP contribution in [0, 0.1) is 0 Å². The molecule has 1 fully saturated rings. The minimum Gasteiger partial charge on any atom is -0.296 e. The smallest absolute Gasteiger partial charge is 0.245 e. The predicted molar refractivity (Wildman–Crippen MR) is 95.8 cm³/mol. The molecule has 9 heteroatoms. The van der Waals surface area contributed by atoms with E-state index in [1.807, 2.05) is 0 Å². The number of sulfonamides is 1. The summed E-state index contributed by atoms with van der Waals surface area (Å²) in [5.41, 5.74) is 2.40. The summed E-state index contributed by atoms with van der Waals surface area (Å²) in [6, 6.07) is 7.25. The summed E-state index contributed by atoms with van der Waals surface area (Å²) in [5, 5.41) is 4.21. The number of fused-ring (bicyclic) bond motifs is 1. The first kappa shape index (κ1) is 16.1. The van der Waals surface area contributed by atoms with Crippen LogP contribution in [0.4, 0.5) is 0 Å². The lowest BCUT2D eigenvalue weighted by Gasteiger charge is -2.33. The van der Waals surface area contributed by atoms with Gasteiger partial charge in [-0.1, -0.05) is 6.07 Å². The Labute approximate surface area is 148 Å². The predicted octanol–water partition coefficient (Wildman–Crippen LogP) is 2.26. The number of hydrogen-bond acceptors (Lipinski definition) is 7. The van der Waals surface area contributed by atoms with Crippen molar-refractivity contribution in [1.82, 2.24) is 18.0 Å². The molecule has 0 unspecified atom stereocenters. The van der Waals surface area contributed by atoms with Crippen LogP contribution in [0.15, 0.2) is 39.9 Å². The van der Waals surface area contributed by atoms with Gasteiger partial charge in [-0.25, -0.2) is 8.42 Å². The summed E-state index contributed by atoms with van der Waals surface area (Å²) in [4.78, 5) is 2.55. The van der Waals surface area contributed by atoms with Crippen molar-refractivity contribution in [2.45, 2.75) is 11.4 Å². The fourth-order valence-electron chi connectivity index (χ4n) is 2.90. The topological polar surface area (TPSA) is 66.4 Å². The van der Waals surface area contributed by atoms with E-state index in [1.165, 1.54) is 5.56 Å². The van der Waals surface area contributed by atoms with Crippen molar-refractivity contribution in [3.05, 3.63) is 40.6 Å². The van der Waals surface area contributed by atoms with Crippen molar-refractivity contribution < 1.29 is 8.42 Å². The lowest BCUT2D eigenvalue weighted by molar-refractivity contribution is 0.182. The van der Waals surface area contributed by atoms with E-state index < -0.39 is 10.0 Å². The molecule has 2 aromatic heterocycles. The van der Waals surface area contributed by atoms with Gasteiger partial charge in [-0.05, 0) is 34.5 Å². The van der Waals surface area contributed by atoms with Crippen molar-refractivity contribution >= 4 is 44.1 Å². The third-order valence-corrected chi connectivity index (χ3v) is 7.39. The molecular weight excluding hydrogens is 364 g/mol. The molecule has 126 valence electrons. The van der Waals surface area contributed by atoms with Gasteiger partial charge in [-0.3, -0.25) is 4.90 Å². The van der Waals surface area contributed by atoms with Crippen molar-refractivity contribution in [1.29, 1.82) is 0 Å². The normalized spacial score (nSPS) is 17.5. The van der Waals surface area contributed by atoms with Crippen LogP contribution in [0.5, 0.6) is 0 Å². The summed E-state index contributed by atoms with van der Waals surface area (Å²) in [6.07, 6.45) is 0. The second-order valence-electron chi connectivity index (χ2n) is 5.70. The highest BCUT2D eigenvalue weighted by Gasteiger charge is 2.30. The largest absolute Gasteiger partial charge is 0.296 e. The molecule has 0 saturated carbocycles. The van der Waals surface area contributed by atoms with E-state index in [0.717, 1.165) is 31.4 Å². The minimum absolute atomic E-state index is 0.264. The molecule has 6 nitrogen and oxygen atoms in total. The zero-order valence-electron chi connectivity index (χ0n) is 12.8. The summed E-state index contributed by atoms with van der Waals surface area (Å²) in [6.45, 7) is 3.35. The zero-order valence-corrected chi connectivity index (χ0v) is 15.3. The molecule has 0 spiro atoms. The van der Waals surface area contributed by atoms with E-state index in [2.05, 4.69) is 30.5 Å². The average Bonchev–Trinajstić information content (AvgIpc) is 3.26. The molecule has 0 radical (unpaired) electrons.